The summed E-state index contributed by atoms with van der Waals surface area (Å²) in [5, 5.41) is 24.0. The first kappa shape index (κ1) is 28.4. The van der Waals surface area contributed by atoms with Crippen LogP contribution in [0.15, 0.2) is 30.3 Å². The Morgan fingerprint density at radius 3 is 2.35 bits per heavy atom. The zero-order valence-corrected chi connectivity index (χ0v) is 19.9. The number of nitrogens with one attached hydrogen (secondary N) is 2. The number of hydrogen-bond donors (Lipinski definition) is 3. The van der Waals surface area contributed by atoms with Gasteiger partial charge in [0.1, 0.15) is 24.2 Å². The number of nitrogens with zero attached hydrogens (tertiary/aromatic N) is 2. The average molecular weight is 477 g/mol. The van der Waals surface area contributed by atoms with Gasteiger partial charge in [-0.3, -0.25) is 14.4 Å². The van der Waals surface area contributed by atoms with E-state index in [0.29, 0.717) is 5.56 Å². The molecule has 0 radical (unpaired) electrons. The molecular weight excluding hydrogens is 444 g/mol. The molecule has 0 aromatic heterocycles. The smallest absolute Gasteiger partial charge is 0.408 e. The summed E-state index contributed by atoms with van der Waals surface area (Å²) in [6.45, 7) is 5.44. The van der Waals surface area contributed by atoms with Crippen molar-refractivity contribution in [3.63, 3.8) is 0 Å². The lowest BCUT2D eigenvalue weighted by Gasteiger charge is -2.32. The molecule has 3 amide bonds. The molecule has 34 heavy (non-hydrogen) atoms. The van der Waals surface area contributed by atoms with Crippen LogP contribution in [0.5, 0.6) is 0 Å². The van der Waals surface area contributed by atoms with Gasteiger partial charge in [-0.25, -0.2) is 4.79 Å². The van der Waals surface area contributed by atoms with E-state index in [1.807, 2.05) is 6.07 Å². The number of carbonyl (C=O) groups excluding carboxylic acids is 4. The van der Waals surface area contributed by atoms with Crippen LogP contribution in [0.25, 0.3) is 0 Å². The summed E-state index contributed by atoms with van der Waals surface area (Å²) in [5.41, 5.74) is -0.445. The number of benzene rings is 1. The summed E-state index contributed by atoms with van der Waals surface area (Å²) >= 11 is 0. The number of hydrogen-bond acceptors (Lipinski definition) is 8. The van der Waals surface area contributed by atoms with Crippen molar-refractivity contribution in [1.82, 2.24) is 15.5 Å². The highest BCUT2D eigenvalue weighted by molar-refractivity contribution is 5.92. The number of aliphatic hydroxyl groups excluding tert-OH is 1. The van der Waals surface area contributed by atoms with Crippen molar-refractivity contribution in [3.8, 4) is 6.07 Å². The van der Waals surface area contributed by atoms with Crippen molar-refractivity contribution >= 4 is 23.9 Å². The highest BCUT2D eigenvalue weighted by atomic mass is 16.6. The van der Waals surface area contributed by atoms with Crippen LogP contribution in [-0.4, -0.2) is 71.8 Å². The maximum Gasteiger partial charge on any atom is 0.408 e. The Balaban J connectivity index is 3.16. The zero-order chi connectivity index (χ0) is 25.7. The molecule has 186 valence electrons. The molecule has 0 saturated heterocycles. The fourth-order valence-corrected chi connectivity index (χ4v) is 2.93. The summed E-state index contributed by atoms with van der Waals surface area (Å²) in [6, 6.07) is 7.36. The lowest BCUT2D eigenvalue weighted by Crippen LogP contribution is -2.54. The minimum absolute atomic E-state index is 0.0465. The number of rotatable bonds is 11. The number of alkyl carbamates (subject to hydrolysis) is 1. The average Bonchev–Trinajstić information content (AvgIpc) is 2.76. The second kappa shape index (κ2) is 13.8. The van der Waals surface area contributed by atoms with Crippen LogP contribution < -0.4 is 10.6 Å². The number of aliphatic hydroxyl groups is 1. The molecule has 11 nitrogen and oxygen atoms in total. The van der Waals surface area contributed by atoms with Crippen LogP contribution >= 0.6 is 0 Å². The van der Waals surface area contributed by atoms with E-state index in [9.17, 15) is 29.5 Å². The van der Waals surface area contributed by atoms with E-state index < -0.39 is 54.7 Å². The molecule has 2 atom stereocenters. The van der Waals surface area contributed by atoms with Gasteiger partial charge < -0.3 is 30.1 Å². The molecule has 2 unspecified atom stereocenters. The van der Waals surface area contributed by atoms with Crippen molar-refractivity contribution < 1.29 is 33.8 Å². The summed E-state index contributed by atoms with van der Waals surface area (Å²) < 4.78 is 9.96. The van der Waals surface area contributed by atoms with Crippen LogP contribution in [0, 0.1) is 11.3 Å². The van der Waals surface area contributed by atoms with E-state index in [4.69, 9.17) is 9.47 Å². The first-order chi connectivity index (χ1) is 16.0. The predicted molar refractivity (Wildman–Crippen MR) is 121 cm³/mol. The van der Waals surface area contributed by atoms with E-state index in [1.54, 1.807) is 58.0 Å². The van der Waals surface area contributed by atoms with Gasteiger partial charge in [-0.05, 0) is 33.3 Å². The third-order valence-electron chi connectivity index (χ3n) is 4.30. The molecule has 0 saturated carbocycles. The maximum atomic E-state index is 13.2. The van der Waals surface area contributed by atoms with Gasteiger partial charge in [0.15, 0.2) is 0 Å². The second-order valence-corrected chi connectivity index (χ2v) is 8.16. The molecule has 0 fully saturated rings. The molecule has 0 aliphatic carbocycles. The van der Waals surface area contributed by atoms with Crippen LogP contribution in [0.3, 0.4) is 0 Å². The summed E-state index contributed by atoms with van der Waals surface area (Å²) in [5.74, 6) is -2.00. The van der Waals surface area contributed by atoms with Crippen molar-refractivity contribution in [1.29, 1.82) is 5.26 Å². The van der Waals surface area contributed by atoms with Gasteiger partial charge >= 0.3 is 12.1 Å². The summed E-state index contributed by atoms with van der Waals surface area (Å²) in [4.78, 5) is 51.0. The Labute approximate surface area is 199 Å². The number of esters is 1. The van der Waals surface area contributed by atoms with Crippen LogP contribution in [0.2, 0.25) is 0 Å². The Morgan fingerprint density at radius 2 is 1.82 bits per heavy atom. The molecular formula is C23H32N4O7. The summed E-state index contributed by atoms with van der Waals surface area (Å²) in [7, 11) is 0. The topological polar surface area (TPSA) is 158 Å². The minimum atomic E-state index is -1.46. The molecule has 0 aliphatic heterocycles. The van der Waals surface area contributed by atoms with Crippen LogP contribution in [0.4, 0.5) is 4.79 Å². The quantitative estimate of drug-likeness (QED) is 0.316. The number of nitriles is 1. The Bertz CT molecular complexity index is 878. The number of carbonyl (C=O) groups is 4. The Kier molecular flexibility index (Phi) is 11.5. The molecule has 0 bridgehead atoms. The first-order valence-corrected chi connectivity index (χ1v) is 10.8. The van der Waals surface area contributed by atoms with E-state index in [0.717, 1.165) is 4.90 Å². The lowest BCUT2D eigenvalue weighted by atomic mass is 10.0. The molecule has 3 N–H and O–H groups in total. The third kappa shape index (κ3) is 9.46. The van der Waals surface area contributed by atoms with Gasteiger partial charge in [0.2, 0.25) is 11.8 Å². The molecule has 0 spiro atoms. The Morgan fingerprint density at radius 1 is 1.18 bits per heavy atom. The molecule has 0 heterocycles. The highest BCUT2D eigenvalue weighted by Crippen LogP contribution is 2.22. The molecule has 11 heteroatoms. The van der Waals surface area contributed by atoms with Crippen LogP contribution in [-0.2, 0) is 23.9 Å². The first-order valence-electron chi connectivity index (χ1n) is 10.8. The molecule has 0 aliphatic rings. The van der Waals surface area contributed by atoms with Gasteiger partial charge in [-0.2, -0.15) is 5.26 Å². The normalized spacial score (nSPS) is 12.5. The SMILES string of the molecule is CCOC(=O)CCNC(=O)C(c1ccccc1)N(CC#N)C(=O)C(CO)NC(=O)OC(C)(C)C. The highest BCUT2D eigenvalue weighted by Gasteiger charge is 2.36. The molecule has 1 rings (SSSR count). The van der Waals surface area contributed by atoms with E-state index in [1.165, 1.54) is 0 Å². The van der Waals surface area contributed by atoms with E-state index >= 15 is 0 Å². The second-order valence-electron chi connectivity index (χ2n) is 8.16. The zero-order valence-electron chi connectivity index (χ0n) is 19.9. The predicted octanol–water partition coefficient (Wildman–Crippen LogP) is 1.03. The fraction of sp³-hybridized carbons (Fsp3) is 0.522. The number of amides is 3. The monoisotopic (exact) mass is 476 g/mol. The van der Waals surface area contributed by atoms with Crippen molar-refractivity contribution in [2.75, 3.05) is 26.3 Å². The van der Waals surface area contributed by atoms with E-state index in [2.05, 4.69) is 10.6 Å². The van der Waals surface area contributed by atoms with Crippen molar-refractivity contribution in [3.05, 3.63) is 35.9 Å². The fourth-order valence-electron chi connectivity index (χ4n) is 2.93. The molecule has 1 aromatic rings. The van der Waals surface area contributed by atoms with Gasteiger partial charge in [-0.1, -0.05) is 30.3 Å². The van der Waals surface area contributed by atoms with Crippen molar-refractivity contribution in [2.24, 2.45) is 0 Å². The van der Waals surface area contributed by atoms with Gasteiger partial charge in [0, 0.05) is 6.54 Å². The largest absolute Gasteiger partial charge is 0.466 e. The third-order valence-corrected chi connectivity index (χ3v) is 4.30. The lowest BCUT2D eigenvalue weighted by molar-refractivity contribution is -0.144. The summed E-state index contributed by atoms with van der Waals surface area (Å²) in [6.07, 6.45) is -1.01. The maximum absolute atomic E-state index is 13.2. The van der Waals surface area contributed by atoms with Gasteiger partial charge in [0.25, 0.3) is 0 Å². The Hall–Kier alpha value is -3.65. The number of ether oxygens (including phenoxy) is 2. The van der Waals surface area contributed by atoms with Crippen molar-refractivity contribution in [2.45, 2.75) is 51.8 Å². The van der Waals surface area contributed by atoms with Gasteiger partial charge in [-0.15, -0.1) is 0 Å². The minimum Gasteiger partial charge on any atom is -0.466 e. The standard InChI is InChI=1S/C23H32N4O7/c1-5-33-18(29)11-13-25-20(30)19(16-9-7-6-8-10-16)27(14-12-24)21(31)17(15-28)26-22(32)34-23(2,3)4/h6-10,17,19,28H,5,11,13-15H2,1-4H3,(H,25,30)(H,26,32). The molecule has 1 aromatic carbocycles. The van der Waals surface area contributed by atoms with E-state index in [-0.39, 0.29) is 19.6 Å². The van der Waals surface area contributed by atoms with Crippen LogP contribution in [0.1, 0.15) is 45.7 Å². The van der Waals surface area contributed by atoms with Gasteiger partial charge in [0.05, 0.1) is 25.7 Å².